The minimum absolute atomic E-state index is 0.529. The molecule has 1 heterocycles. The third kappa shape index (κ3) is 3.22. The molecule has 0 spiro atoms. The number of rotatable bonds is 4. The van der Waals surface area contributed by atoms with Crippen molar-refractivity contribution in [1.29, 1.82) is 0 Å². The summed E-state index contributed by atoms with van der Waals surface area (Å²) in [5, 5.41) is 0.586. The first-order valence-corrected chi connectivity index (χ1v) is 6.16. The summed E-state index contributed by atoms with van der Waals surface area (Å²) in [6, 6.07) is 9.43. The van der Waals surface area contributed by atoms with E-state index in [1.807, 2.05) is 37.3 Å². The summed E-state index contributed by atoms with van der Waals surface area (Å²) in [7, 11) is 0. The molecule has 2 N–H and O–H groups in total. The average Bonchev–Trinajstić information content (AvgIpc) is 2.35. The third-order valence-corrected chi connectivity index (χ3v) is 2.83. The number of ether oxygens (including phenoxy) is 1. The van der Waals surface area contributed by atoms with Gasteiger partial charge in [0.05, 0.1) is 5.02 Å². The summed E-state index contributed by atoms with van der Waals surface area (Å²) < 4.78 is 5.62. The summed E-state index contributed by atoms with van der Waals surface area (Å²) >= 11 is 6.09. The number of nitrogens with two attached hydrogens (primary N) is 1. The SMILES string of the molecule is Cc1ccc(Oc2ccc(CCN)cn2)c(Cl)c1. The standard InChI is InChI=1S/C14H15ClN2O/c1-10-2-4-13(12(15)8-10)18-14-5-3-11(6-7-16)9-17-14/h2-5,8-9H,6-7,16H2,1H3. The van der Waals surface area contributed by atoms with E-state index in [1.165, 1.54) is 0 Å². The molecule has 0 saturated carbocycles. The Hall–Kier alpha value is -1.58. The highest BCUT2D eigenvalue weighted by Gasteiger charge is 2.04. The van der Waals surface area contributed by atoms with E-state index in [0.717, 1.165) is 17.5 Å². The maximum Gasteiger partial charge on any atom is 0.219 e. The molecule has 0 saturated heterocycles. The first-order valence-electron chi connectivity index (χ1n) is 5.78. The fraction of sp³-hybridized carbons (Fsp3) is 0.214. The van der Waals surface area contributed by atoms with Gasteiger partial charge in [-0.25, -0.2) is 4.98 Å². The zero-order chi connectivity index (χ0) is 13.0. The molecule has 1 aromatic heterocycles. The first kappa shape index (κ1) is 12.9. The van der Waals surface area contributed by atoms with Crippen LogP contribution in [0, 0.1) is 6.92 Å². The number of hydrogen-bond acceptors (Lipinski definition) is 3. The van der Waals surface area contributed by atoms with Crippen molar-refractivity contribution in [2.45, 2.75) is 13.3 Å². The van der Waals surface area contributed by atoms with Gasteiger partial charge in [-0.3, -0.25) is 0 Å². The highest BCUT2D eigenvalue weighted by molar-refractivity contribution is 6.32. The van der Waals surface area contributed by atoms with Crippen molar-refractivity contribution in [3.05, 3.63) is 52.7 Å². The molecule has 0 atom stereocenters. The molecule has 0 amide bonds. The normalized spacial score (nSPS) is 10.4. The predicted octanol–water partition coefficient (Wildman–Crippen LogP) is 3.34. The lowest BCUT2D eigenvalue weighted by Gasteiger charge is -2.07. The van der Waals surface area contributed by atoms with E-state index in [0.29, 0.717) is 23.2 Å². The number of nitrogens with zero attached hydrogens (tertiary/aromatic N) is 1. The van der Waals surface area contributed by atoms with Crippen molar-refractivity contribution in [3.8, 4) is 11.6 Å². The lowest BCUT2D eigenvalue weighted by molar-refractivity contribution is 0.462. The fourth-order valence-electron chi connectivity index (χ4n) is 1.59. The van der Waals surface area contributed by atoms with Crippen LogP contribution in [0.5, 0.6) is 11.6 Å². The topological polar surface area (TPSA) is 48.1 Å². The van der Waals surface area contributed by atoms with Gasteiger partial charge in [-0.1, -0.05) is 23.7 Å². The molecule has 0 bridgehead atoms. The minimum atomic E-state index is 0.529. The van der Waals surface area contributed by atoms with Crippen molar-refractivity contribution in [1.82, 2.24) is 4.98 Å². The fourth-order valence-corrected chi connectivity index (χ4v) is 1.86. The molecule has 0 unspecified atom stereocenters. The molecule has 0 aliphatic carbocycles. The largest absolute Gasteiger partial charge is 0.437 e. The van der Waals surface area contributed by atoms with Crippen LogP contribution in [-0.2, 0) is 6.42 Å². The average molecular weight is 263 g/mol. The molecule has 2 rings (SSSR count). The number of halogens is 1. The van der Waals surface area contributed by atoms with Crippen LogP contribution in [0.2, 0.25) is 5.02 Å². The van der Waals surface area contributed by atoms with Gasteiger partial charge >= 0.3 is 0 Å². The lowest BCUT2D eigenvalue weighted by Crippen LogP contribution is -2.02. The third-order valence-electron chi connectivity index (χ3n) is 2.53. The highest BCUT2D eigenvalue weighted by Crippen LogP contribution is 2.28. The number of hydrogen-bond donors (Lipinski definition) is 1. The van der Waals surface area contributed by atoms with Gasteiger partial charge in [0.25, 0.3) is 0 Å². The van der Waals surface area contributed by atoms with Gasteiger partial charge in [0, 0.05) is 12.3 Å². The predicted molar refractivity (Wildman–Crippen MR) is 73.3 cm³/mol. The van der Waals surface area contributed by atoms with E-state index in [-0.39, 0.29) is 0 Å². The Morgan fingerprint density at radius 1 is 1.28 bits per heavy atom. The van der Waals surface area contributed by atoms with Gasteiger partial charge in [0.1, 0.15) is 5.75 Å². The van der Waals surface area contributed by atoms with E-state index in [1.54, 1.807) is 6.20 Å². The molecule has 0 fully saturated rings. The molecule has 0 aliphatic heterocycles. The Balaban J connectivity index is 2.13. The number of aryl methyl sites for hydroxylation is 1. The van der Waals surface area contributed by atoms with Crippen LogP contribution in [-0.4, -0.2) is 11.5 Å². The smallest absolute Gasteiger partial charge is 0.219 e. The van der Waals surface area contributed by atoms with E-state index in [2.05, 4.69) is 4.98 Å². The van der Waals surface area contributed by atoms with E-state index < -0.39 is 0 Å². The Bertz CT molecular complexity index is 526. The summed E-state index contributed by atoms with van der Waals surface area (Å²) in [6.07, 6.45) is 2.59. The van der Waals surface area contributed by atoms with E-state index >= 15 is 0 Å². The summed E-state index contributed by atoms with van der Waals surface area (Å²) in [4.78, 5) is 4.22. The maximum absolute atomic E-state index is 6.09. The summed E-state index contributed by atoms with van der Waals surface area (Å²) in [6.45, 7) is 2.60. The van der Waals surface area contributed by atoms with Crippen molar-refractivity contribution in [2.75, 3.05) is 6.54 Å². The van der Waals surface area contributed by atoms with Gasteiger partial charge in [-0.15, -0.1) is 0 Å². The molecule has 1 aromatic carbocycles. The Morgan fingerprint density at radius 3 is 2.72 bits per heavy atom. The Labute approximate surface area is 112 Å². The number of benzene rings is 1. The quantitative estimate of drug-likeness (QED) is 0.919. The second kappa shape index (κ2) is 5.85. The molecule has 0 radical (unpaired) electrons. The zero-order valence-electron chi connectivity index (χ0n) is 10.2. The second-order valence-electron chi connectivity index (χ2n) is 4.08. The molecule has 4 heteroatoms. The molecule has 3 nitrogen and oxygen atoms in total. The van der Waals surface area contributed by atoms with Crippen molar-refractivity contribution in [3.63, 3.8) is 0 Å². The Morgan fingerprint density at radius 2 is 2.11 bits per heavy atom. The molecule has 2 aromatic rings. The molecular weight excluding hydrogens is 248 g/mol. The van der Waals surface area contributed by atoms with Crippen LogP contribution >= 0.6 is 11.6 Å². The van der Waals surface area contributed by atoms with Crippen LogP contribution in [0.4, 0.5) is 0 Å². The number of aromatic nitrogens is 1. The van der Waals surface area contributed by atoms with Crippen LogP contribution in [0.3, 0.4) is 0 Å². The van der Waals surface area contributed by atoms with Crippen LogP contribution in [0.25, 0.3) is 0 Å². The van der Waals surface area contributed by atoms with Gasteiger partial charge in [-0.2, -0.15) is 0 Å². The van der Waals surface area contributed by atoms with Crippen molar-refractivity contribution >= 4 is 11.6 Å². The van der Waals surface area contributed by atoms with Crippen molar-refractivity contribution < 1.29 is 4.74 Å². The molecule has 18 heavy (non-hydrogen) atoms. The van der Waals surface area contributed by atoms with Gasteiger partial charge < -0.3 is 10.5 Å². The maximum atomic E-state index is 6.09. The molecule has 94 valence electrons. The van der Waals surface area contributed by atoms with Crippen LogP contribution in [0.1, 0.15) is 11.1 Å². The van der Waals surface area contributed by atoms with E-state index in [9.17, 15) is 0 Å². The lowest BCUT2D eigenvalue weighted by atomic mass is 10.2. The second-order valence-corrected chi connectivity index (χ2v) is 4.49. The Kier molecular flexibility index (Phi) is 4.18. The van der Waals surface area contributed by atoms with Crippen LogP contribution in [0.15, 0.2) is 36.5 Å². The molecule has 0 aliphatic rings. The summed E-state index contributed by atoms with van der Waals surface area (Å²) in [5.74, 6) is 1.14. The first-order chi connectivity index (χ1) is 8.69. The zero-order valence-corrected chi connectivity index (χ0v) is 10.9. The van der Waals surface area contributed by atoms with Crippen LogP contribution < -0.4 is 10.5 Å². The molecular formula is C14H15ClN2O. The monoisotopic (exact) mass is 262 g/mol. The van der Waals surface area contributed by atoms with Gasteiger partial charge in [0.2, 0.25) is 5.88 Å². The van der Waals surface area contributed by atoms with Gasteiger partial charge in [0.15, 0.2) is 0 Å². The number of pyridine rings is 1. The highest BCUT2D eigenvalue weighted by atomic mass is 35.5. The summed E-state index contributed by atoms with van der Waals surface area (Å²) in [5.41, 5.74) is 7.67. The van der Waals surface area contributed by atoms with E-state index in [4.69, 9.17) is 22.1 Å². The van der Waals surface area contributed by atoms with Crippen molar-refractivity contribution in [2.24, 2.45) is 5.73 Å². The van der Waals surface area contributed by atoms with Gasteiger partial charge in [-0.05, 0) is 43.1 Å². The minimum Gasteiger partial charge on any atom is -0.437 e.